The summed E-state index contributed by atoms with van der Waals surface area (Å²) in [5, 5.41) is 129. The summed E-state index contributed by atoms with van der Waals surface area (Å²) < 4.78 is 39.4. The second-order valence-corrected chi connectivity index (χ2v) is 12.7. The summed E-state index contributed by atoms with van der Waals surface area (Å²) in [4.78, 5) is 23.8. The van der Waals surface area contributed by atoms with Crippen molar-refractivity contribution in [3.63, 3.8) is 0 Å². The number of rotatable bonds is 12. The van der Waals surface area contributed by atoms with E-state index in [9.17, 15) is 70.9 Å². The number of ether oxygens (including phenoxy) is 7. The monoisotopic (exact) mass is 748 g/mol. The molecule has 4 heterocycles. The number of amides is 2. The minimum absolute atomic E-state index is 0.668. The zero-order valence-corrected chi connectivity index (χ0v) is 27.4. The van der Waals surface area contributed by atoms with Gasteiger partial charge in [0.1, 0.15) is 97.5 Å². The van der Waals surface area contributed by atoms with Gasteiger partial charge >= 0.3 is 0 Å². The van der Waals surface area contributed by atoms with Crippen molar-refractivity contribution in [3.05, 3.63) is 0 Å². The SMILES string of the molecule is CC(=O)N[C@H]1[C@H](OC[C@H]2O[C@H](O)[C@@H](O[C@@H]3O[C@H](CO)[C@@H](O)[C@H](O)[C@H]3NC(C)=O)[C@@H](O)[C@@H]2O[C@@H]2O[C@H](CO)[C@H](O)[C@H](O)[C@H]2O)O[C@H](CO)[C@@H](O)[C@@H]1O. The molecule has 4 aliphatic rings. The third-order valence-corrected chi connectivity index (χ3v) is 8.99. The highest BCUT2D eigenvalue weighted by Gasteiger charge is 2.54. The van der Waals surface area contributed by atoms with Crippen molar-refractivity contribution >= 4 is 11.8 Å². The molecule has 51 heavy (non-hydrogen) atoms. The lowest BCUT2D eigenvalue weighted by atomic mass is 9.95. The van der Waals surface area contributed by atoms with Gasteiger partial charge in [-0.1, -0.05) is 0 Å². The van der Waals surface area contributed by atoms with E-state index in [1.165, 1.54) is 0 Å². The lowest BCUT2D eigenvalue weighted by Gasteiger charge is -2.49. The van der Waals surface area contributed by atoms with Gasteiger partial charge in [-0.3, -0.25) is 9.59 Å². The highest BCUT2D eigenvalue weighted by molar-refractivity contribution is 5.73. The van der Waals surface area contributed by atoms with Crippen molar-refractivity contribution < 1.29 is 104 Å². The lowest BCUT2D eigenvalue weighted by Crippen LogP contribution is -2.68. The van der Waals surface area contributed by atoms with Crippen LogP contribution in [0.4, 0.5) is 0 Å². The fraction of sp³-hybridized carbons (Fsp3) is 0.929. The molecule has 4 aliphatic heterocycles. The predicted molar refractivity (Wildman–Crippen MR) is 157 cm³/mol. The van der Waals surface area contributed by atoms with Gasteiger partial charge in [0.05, 0.1) is 26.4 Å². The molecule has 23 heteroatoms. The molecule has 2 amide bonds. The Morgan fingerprint density at radius 2 is 0.941 bits per heavy atom. The molecule has 14 N–H and O–H groups in total. The maximum atomic E-state index is 11.9. The molecule has 4 saturated heterocycles. The van der Waals surface area contributed by atoms with Crippen molar-refractivity contribution in [1.29, 1.82) is 0 Å². The Morgan fingerprint density at radius 1 is 0.510 bits per heavy atom. The Bertz CT molecular complexity index is 1140. The van der Waals surface area contributed by atoms with Gasteiger partial charge in [-0.15, -0.1) is 0 Å². The van der Waals surface area contributed by atoms with Crippen molar-refractivity contribution in [2.45, 2.75) is 137 Å². The average Bonchev–Trinajstić information content (AvgIpc) is 3.08. The van der Waals surface area contributed by atoms with Crippen molar-refractivity contribution in [3.8, 4) is 0 Å². The molecule has 0 unspecified atom stereocenters. The van der Waals surface area contributed by atoms with Crippen LogP contribution in [0.1, 0.15) is 13.8 Å². The van der Waals surface area contributed by atoms with Crippen LogP contribution in [0.2, 0.25) is 0 Å². The Labute approximate surface area is 289 Å². The molecule has 4 rings (SSSR count). The van der Waals surface area contributed by atoms with Crippen molar-refractivity contribution in [2.24, 2.45) is 0 Å². The third-order valence-electron chi connectivity index (χ3n) is 8.99. The molecule has 0 aromatic rings. The van der Waals surface area contributed by atoms with E-state index in [1.54, 1.807) is 0 Å². The summed E-state index contributed by atoms with van der Waals surface area (Å²) in [7, 11) is 0. The van der Waals surface area contributed by atoms with Gasteiger partial charge in [0.25, 0.3) is 0 Å². The largest absolute Gasteiger partial charge is 0.394 e. The van der Waals surface area contributed by atoms with Gasteiger partial charge in [-0.05, 0) is 0 Å². The van der Waals surface area contributed by atoms with E-state index in [0.717, 1.165) is 13.8 Å². The van der Waals surface area contributed by atoms with E-state index < -0.39 is 161 Å². The van der Waals surface area contributed by atoms with Crippen LogP contribution >= 0.6 is 0 Å². The molecular formula is C28H48N2O21. The van der Waals surface area contributed by atoms with E-state index in [0.29, 0.717) is 0 Å². The Hall–Kier alpha value is -1.82. The zero-order valence-electron chi connectivity index (χ0n) is 27.4. The fourth-order valence-corrected chi connectivity index (χ4v) is 6.24. The molecule has 0 spiro atoms. The maximum Gasteiger partial charge on any atom is 0.217 e. The number of carbonyl (C=O) groups is 2. The minimum atomic E-state index is -2.11. The first-order chi connectivity index (χ1) is 24.0. The molecule has 0 bridgehead atoms. The first-order valence-corrected chi connectivity index (χ1v) is 16.1. The van der Waals surface area contributed by atoms with Crippen LogP contribution in [-0.2, 0) is 42.7 Å². The van der Waals surface area contributed by atoms with Crippen molar-refractivity contribution in [1.82, 2.24) is 10.6 Å². The second-order valence-electron chi connectivity index (χ2n) is 12.7. The number of nitrogens with one attached hydrogen (secondary N) is 2. The summed E-state index contributed by atoms with van der Waals surface area (Å²) in [5.41, 5.74) is 0. The van der Waals surface area contributed by atoms with Gasteiger partial charge in [0.15, 0.2) is 25.2 Å². The summed E-state index contributed by atoms with van der Waals surface area (Å²) in [6, 6.07) is -2.95. The number of hydrogen-bond acceptors (Lipinski definition) is 21. The molecule has 0 aromatic heterocycles. The number of aliphatic hydroxyl groups excluding tert-OH is 12. The quantitative estimate of drug-likeness (QED) is 0.0881. The van der Waals surface area contributed by atoms with Gasteiger partial charge in [0, 0.05) is 13.8 Å². The van der Waals surface area contributed by atoms with E-state index >= 15 is 0 Å². The standard InChI is InChI=1S/C28H48N2O21/c1-7(34)29-13-18(39)15(36)9(3-31)47-26(13)45-6-12-23(50-28-21(42)20(41)17(38)11(5-33)49-28)22(43)24(25(44)46-12)51-27-14(30-8(2)35)19(40)16(37)10(4-32)48-27/h9-28,31-33,36-44H,3-6H2,1-2H3,(H,29,34)(H,30,35)/t9-,10-,11-,12-,13-,14-,15-,16-,17+,18-,19-,20+,21-,22+,23-,24+,25+,26-,27+,28+/m1/s1. The second kappa shape index (κ2) is 18.0. The smallest absolute Gasteiger partial charge is 0.217 e. The van der Waals surface area contributed by atoms with E-state index in [2.05, 4.69) is 10.6 Å². The summed E-state index contributed by atoms with van der Waals surface area (Å²) >= 11 is 0. The average molecular weight is 749 g/mol. The highest BCUT2D eigenvalue weighted by Crippen LogP contribution is 2.33. The van der Waals surface area contributed by atoms with Gasteiger partial charge < -0.3 is 105 Å². The maximum absolute atomic E-state index is 11.9. The summed E-state index contributed by atoms with van der Waals surface area (Å²) in [5.74, 6) is -1.38. The molecule has 0 radical (unpaired) electrons. The molecule has 296 valence electrons. The summed E-state index contributed by atoms with van der Waals surface area (Å²) in [6.07, 6.45) is -31.6. The molecule has 23 nitrogen and oxygen atoms in total. The molecular weight excluding hydrogens is 700 g/mol. The topological polar surface area (TPSA) is 366 Å². The van der Waals surface area contributed by atoms with Crippen LogP contribution in [-0.4, -0.2) is 222 Å². The molecule has 20 atom stereocenters. The normalized spacial score (nSPS) is 47.8. The first-order valence-electron chi connectivity index (χ1n) is 16.1. The summed E-state index contributed by atoms with van der Waals surface area (Å²) in [6.45, 7) is -1.02. The van der Waals surface area contributed by atoms with Gasteiger partial charge in [-0.25, -0.2) is 0 Å². The van der Waals surface area contributed by atoms with Crippen LogP contribution in [0, 0.1) is 0 Å². The van der Waals surface area contributed by atoms with Crippen LogP contribution in [0.15, 0.2) is 0 Å². The lowest BCUT2D eigenvalue weighted by molar-refractivity contribution is -0.380. The highest BCUT2D eigenvalue weighted by atomic mass is 16.8. The van der Waals surface area contributed by atoms with E-state index in [-0.39, 0.29) is 0 Å². The Kier molecular flexibility index (Phi) is 14.8. The number of aliphatic hydroxyl groups is 12. The fourth-order valence-electron chi connectivity index (χ4n) is 6.24. The first kappa shape index (κ1) is 41.9. The molecule has 0 aliphatic carbocycles. The number of carbonyl (C=O) groups excluding carboxylic acids is 2. The minimum Gasteiger partial charge on any atom is -0.394 e. The van der Waals surface area contributed by atoms with Crippen LogP contribution in [0.25, 0.3) is 0 Å². The van der Waals surface area contributed by atoms with E-state index in [1.807, 2.05) is 0 Å². The van der Waals surface area contributed by atoms with Crippen molar-refractivity contribution in [2.75, 3.05) is 26.4 Å². The van der Waals surface area contributed by atoms with Crippen LogP contribution in [0.3, 0.4) is 0 Å². The Balaban J connectivity index is 1.62. The third kappa shape index (κ3) is 9.29. The Morgan fingerprint density at radius 3 is 1.43 bits per heavy atom. The van der Waals surface area contributed by atoms with Crippen LogP contribution in [0.5, 0.6) is 0 Å². The molecule has 0 aromatic carbocycles. The molecule has 4 fully saturated rings. The molecule has 0 saturated carbocycles. The zero-order chi connectivity index (χ0) is 37.9. The van der Waals surface area contributed by atoms with Gasteiger partial charge in [0.2, 0.25) is 11.8 Å². The van der Waals surface area contributed by atoms with Gasteiger partial charge in [-0.2, -0.15) is 0 Å². The van der Waals surface area contributed by atoms with E-state index in [4.69, 9.17) is 33.2 Å². The van der Waals surface area contributed by atoms with Crippen LogP contribution < -0.4 is 10.6 Å². The number of hydrogen-bond donors (Lipinski definition) is 14. The predicted octanol–water partition coefficient (Wildman–Crippen LogP) is -9.46.